The molecule has 74 valence electrons. The van der Waals surface area contributed by atoms with Crippen LogP contribution in [0.1, 0.15) is 19.3 Å². The quantitative estimate of drug-likeness (QED) is 0.676. The van der Waals surface area contributed by atoms with Crippen molar-refractivity contribution in [1.29, 1.82) is 0 Å². The van der Waals surface area contributed by atoms with Crippen LogP contribution >= 0.6 is 0 Å². The normalized spacial score (nSPS) is 26.5. The predicted molar refractivity (Wildman–Crippen MR) is 44.8 cm³/mol. The van der Waals surface area contributed by atoms with Crippen LogP contribution in [0.25, 0.3) is 0 Å². The number of hydrogen-bond donors (Lipinski definition) is 1. The molecule has 1 aliphatic heterocycles. The smallest absolute Gasteiger partial charge is 0.254 e. The molecule has 1 aliphatic carbocycles. The molecule has 1 atom stereocenters. The van der Waals surface area contributed by atoms with Crippen molar-refractivity contribution in [2.45, 2.75) is 25.4 Å². The van der Waals surface area contributed by atoms with Crippen molar-refractivity contribution < 1.29 is 14.3 Å². The Morgan fingerprint density at radius 3 is 2.69 bits per heavy atom. The molecule has 1 amide bonds. The summed E-state index contributed by atoms with van der Waals surface area (Å²) in [6.45, 7) is 0.446. The van der Waals surface area contributed by atoms with Crippen molar-refractivity contribution in [1.82, 2.24) is 4.90 Å². The van der Waals surface area contributed by atoms with Gasteiger partial charge in [0.1, 0.15) is 6.67 Å². The van der Waals surface area contributed by atoms with E-state index < -0.39 is 18.7 Å². The molecule has 1 spiro atoms. The lowest BCUT2D eigenvalue weighted by molar-refractivity contribution is -0.140. The molecule has 2 fully saturated rings. The first-order valence-electron chi connectivity index (χ1n) is 4.70. The molecule has 2 rings (SSSR count). The highest BCUT2D eigenvalue weighted by Crippen LogP contribution is 2.52. The van der Waals surface area contributed by atoms with E-state index in [0.29, 0.717) is 12.0 Å². The number of alkyl halides is 1. The average molecular weight is 187 g/mol. The Kier molecular flexibility index (Phi) is 2.02. The zero-order chi connectivity index (χ0) is 9.47. The molecule has 4 heteroatoms. The number of rotatable bonds is 2. The van der Waals surface area contributed by atoms with Gasteiger partial charge >= 0.3 is 0 Å². The molecular formula is C9H14FNO2. The van der Waals surface area contributed by atoms with Crippen LogP contribution in [0.15, 0.2) is 0 Å². The van der Waals surface area contributed by atoms with Gasteiger partial charge in [-0.1, -0.05) is 0 Å². The Balaban J connectivity index is 1.91. The van der Waals surface area contributed by atoms with E-state index in [0.717, 1.165) is 13.0 Å². The topological polar surface area (TPSA) is 40.5 Å². The molecule has 0 unspecified atom stereocenters. The van der Waals surface area contributed by atoms with Crippen LogP contribution in [0.5, 0.6) is 0 Å². The van der Waals surface area contributed by atoms with Crippen LogP contribution in [0.4, 0.5) is 4.39 Å². The Morgan fingerprint density at radius 2 is 2.23 bits per heavy atom. The van der Waals surface area contributed by atoms with Gasteiger partial charge in [0.15, 0.2) is 6.10 Å². The molecule has 1 heterocycles. The maximum atomic E-state index is 12.0. The van der Waals surface area contributed by atoms with E-state index in [1.54, 1.807) is 4.90 Å². The SMILES string of the molecule is O=C([C@H](O)CF)N1CCC2(CC2)C1. The highest BCUT2D eigenvalue weighted by Gasteiger charge is 2.49. The summed E-state index contributed by atoms with van der Waals surface area (Å²) >= 11 is 0. The van der Waals surface area contributed by atoms with E-state index in [1.165, 1.54) is 12.8 Å². The molecule has 2 aliphatic rings. The fourth-order valence-electron chi connectivity index (χ4n) is 1.98. The number of halogens is 1. The number of aliphatic hydroxyl groups is 1. The third-order valence-electron chi connectivity index (χ3n) is 3.14. The van der Waals surface area contributed by atoms with Gasteiger partial charge in [-0.05, 0) is 24.7 Å². The molecule has 0 aromatic carbocycles. The van der Waals surface area contributed by atoms with Crippen LogP contribution < -0.4 is 0 Å². The second-order valence-electron chi connectivity index (χ2n) is 4.18. The molecule has 1 N–H and O–H groups in total. The molecule has 3 nitrogen and oxygen atoms in total. The summed E-state index contributed by atoms with van der Waals surface area (Å²) in [5, 5.41) is 9.01. The monoisotopic (exact) mass is 187 g/mol. The van der Waals surface area contributed by atoms with Crippen LogP contribution in [-0.2, 0) is 4.79 Å². The van der Waals surface area contributed by atoms with Gasteiger partial charge in [-0.25, -0.2) is 4.39 Å². The highest BCUT2D eigenvalue weighted by atomic mass is 19.1. The summed E-state index contributed by atoms with van der Waals surface area (Å²) in [5.74, 6) is -0.439. The Bertz CT molecular complexity index is 228. The first-order chi connectivity index (χ1) is 6.17. The Hall–Kier alpha value is -0.640. The molecule has 0 aromatic rings. The van der Waals surface area contributed by atoms with Gasteiger partial charge in [-0.3, -0.25) is 4.79 Å². The van der Waals surface area contributed by atoms with Crippen molar-refractivity contribution in [3.8, 4) is 0 Å². The summed E-state index contributed by atoms with van der Waals surface area (Å²) < 4.78 is 12.0. The first kappa shape index (κ1) is 8.94. The fourth-order valence-corrected chi connectivity index (χ4v) is 1.98. The maximum absolute atomic E-state index is 12.0. The minimum absolute atomic E-state index is 0.353. The summed E-state index contributed by atoms with van der Waals surface area (Å²) in [7, 11) is 0. The van der Waals surface area contributed by atoms with Crippen molar-refractivity contribution in [3.63, 3.8) is 0 Å². The van der Waals surface area contributed by atoms with Gasteiger partial charge in [0, 0.05) is 13.1 Å². The second kappa shape index (κ2) is 2.94. The minimum Gasteiger partial charge on any atom is -0.381 e. The number of likely N-dealkylation sites (tertiary alicyclic amines) is 1. The number of carbonyl (C=O) groups excluding carboxylic acids is 1. The lowest BCUT2D eigenvalue weighted by atomic mass is 10.1. The van der Waals surface area contributed by atoms with Gasteiger partial charge < -0.3 is 10.0 Å². The van der Waals surface area contributed by atoms with Crippen LogP contribution in [0, 0.1) is 5.41 Å². The number of hydrogen-bond acceptors (Lipinski definition) is 2. The highest BCUT2D eigenvalue weighted by molar-refractivity contribution is 5.81. The largest absolute Gasteiger partial charge is 0.381 e. The summed E-state index contributed by atoms with van der Waals surface area (Å²) in [6, 6.07) is 0. The lowest BCUT2D eigenvalue weighted by Gasteiger charge is -2.18. The Morgan fingerprint density at radius 1 is 1.54 bits per heavy atom. The van der Waals surface area contributed by atoms with E-state index in [-0.39, 0.29) is 0 Å². The predicted octanol–water partition coefficient (Wildman–Crippen LogP) is 0.329. The lowest BCUT2D eigenvalue weighted by Crippen LogP contribution is -2.38. The van der Waals surface area contributed by atoms with E-state index in [2.05, 4.69) is 0 Å². The molecule has 0 bridgehead atoms. The van der Waals surface area contributed by atoms with E-state index in [1.807, 2.05) is 0 Å². The van der Waals surface area contributed by atoms with Gasteiger partial charge in [-0.15, -0.1) is 0 Å². The second-order valence-corrected chi connectivity index (χ2v) is 4.18. The third-order valence-corrected chi connectivity index (χ3v) is 3.14. The zero-order valence-corrected chi connectivity index (χ0v) is 7.50. The molecule has 0 radical (unpaired) electrons. The van der Waals surface area contributed by atoms with E-state index in [4.69, 9.17) is 5.11 Å². The van der Waals surface area contributed by atoms with Crippen molar-refractivity contribution in [2.75, 3.05) is 19.8 Å². The standard InChI is InChI=1S/C9H14FNO2/c10-5-7(12)8(13)11-4-3-9(6-11)1-2-9/h7,12H,1-6H2/t7-/m1/s1. The zero-order valence-electron chi connectivity index (χ0n) is 7.50. The maximum Gasteiger partial charge on any atom is 0.254 e. The number of nitrogens with zero attached hydrogens (tertiary/aromatic N) is 1. The Labute approximate surface area is 76.5 Å². The third kappa shape index (κ3) is 1.55. The molecule has 0 aromatic heterocycles. The van der Waals surface area contributed by atoms with Crippen LogP contribution in [-0.4, -0.2) is 41.8 Å². The van der Waals surface area contributed by atoms with Gasteiger partial charge in [-0.2, -0.15) is 0 Å². The molecule has 13 heavy (non-hydrogen) atoms. The summed E-state index contributed by atoms with van der Waals surface area (Å²) in [4.78, 5) is 12.9. The van der Waals surface area contributed by atoms with E-state index in [9.17, 15) is 9.18 Å². The molecule has 1 saturated heterocycles. The summed E-state index contributed by atoms with van der Waals surface area (Å²) in [5.41, 5.74) is 0.353. The number of amides is 1. The van der Waals surface area contributed by atoms with Gasteiger partial charge in [0.05, 0.1) is 0 Å². The molecular weight excluding hydrogens is 173 g/mol. The fraction of sp³-hybridized carbons (Fsp3) is 0.889. The molecule has 1 saturated carbocycles. The minimum atomic E-state index is -1.44. The number of aliphatic hydroxyl groups excluding tert-OH is 1. The van der Waals surface area contributed by atoms with Gasteiger partial charge in [0.25, 0.3) is 5.91 Å². The average Bonchev–Trinajstić information content (AvgIpc) is 2.74. The van der Waals surface area contributed by atoms with E-state index >= 15 is 0 Å². The summed E-state index contributed by atoms with van der Waals surface area (Å²) in [6.07, 6.45) is 1.96. The number of carbonyl (C=O) groups is 1. The van der Waals surface area contributed by atoms with Crippen LogP contribution in [0.3, 0.4) is 0 Å². The van der Waals surface area contributed by atoms with Crippen molar-refractivity contribution in [3.05, 3.63) is 0 Å². The van der Waals surface area contributed by atoms with Crippen LogP contribution in [0.2, 0.25) is 0 Å². The van der Waals surface area contributed by atoms with Crippen molar-refractivity contribution in [2.24, 2.45) is 5.41 Å². The first-order valence-corrected chi connectivity index (χ1v) is 4.70. The van der Waals surface area contributed by atoms with Gasteiger partial charge in [0.2, 0.25) is 0 Å². The van der Waals surface area contributed by atoms with Crippen molar-refractivity contribution >= 4 is 5.91 Å².